The molecule has 0 radical (unpaired) electrons. The minimum absolute atomic E-state index is 0.145. The van der Waals surface area contributed by atoms with Crippen LogP contribution in [0.4, 0.5) is 0 Å². The molecule has 0 aromatic heterocycles. The monoisotopic (exact) mass is 212 g/mol. The molecule has 3 heteroatoms. The third-order valence-electron chi connectivity index (χ3n) is 2.61. The molecule has 86 valence electrons. The summed E-state index contributed by atoms with van der Waals surface area (Å²) in [5.41, 5.74) is -1.17. The fourth-order valence-corrected chi connectivity index (χ4v) is 1.70. The van der Waals surface area contributed by atoms with E-state index >= 15 is 0 Å². The summed E-state index contributed by atoms with van der Waals surface area (Å²) in [5, 5.41) is 0. The Morgan fingerprint density at radius 1 is 1.20 bits per heavy atom. The molecule has 1 unspecified atom stereocenters. The molecule has 0 rings (SSSR count). The van der Waals surface area contributed by atoms with Gasteiger partial charge in [0.1, 0.15) is 5.78 Å². The molecule has 15 heavy (non-hydrogen) atoms. The van der Waals surface area contributed by atoms with Gasteiger partial charge >= 0.3 is 0 Å². The average Bonchev–Trinajstić information content (AvgIpc) is 2.13. The normalized spacial score (nSPS) is 13.7. The van der Waals surface area contributed by atoms with Gasteiger partial charge in [0.15, 0.2) is 6.29 Å². The van der Waals surface area contributed by atoms with E-state index in [1.807, 2.05) is 20.8 Å². The van der Waals surface area contributed by atoms with Crippen molar-refractivity contribution in [3.8, 4) is 0 Å². The molecule has 0 bridgehead atoms. The average molecular weight is 212 g/mol. The van der Waals surface area contributed by atoms with Crippen molar-refractivity contribution in [3.05, 3.63) is 0 Å². The topological polar surface area (TPSA) is 51.2 Å². The van der Waals surface area contributed by atoms with E-state index in [0.717, 1.165) is 6.42 Å². The molecule has 0 spiro atoms. The Bertz CT molecular complexity index is 264. The number of ketones is 2. The Morgan fingerprint density at radius 3 is 2.00 bits per heavy atom. The summed E-state index contributed by atoms with van der Waals surface area (Å²) in [6.07, 6.45) is 0.981. The zero-order valence-electron chi connectivity index (χ0n) is 10.2. The SMILES string of the molecule is CC(C)CC(C)C(=O)C(C)(C)C(=O)C=O. The lowest BCUT2D eigenvalue weighted by Crippen LogP contribution is -2.38. The van der Waals surface area contributed by atoms with E-state index in [1.165, 1.54) is 13.8 Å². The van der Waals surface area contributed by atoms with Crippen LogP contribution >= 0.6 is 0 Å². The van der Waals surface area contributed by atoms with Crippen LogP contribution < -0.4 is 0 Å². The van der Waals surface area contributed by atoms with Gasteiger partial charge in [-0.1, -0.05) is 20.8 Å². The highest BCUT2D eigenvalue weighted by atomic mass is 16.2. The molecular weight excluding hydrogens is 192 g/mol. The summed E-state index contributed by atoms with van der Waals surface area (Å²) in [6.45, 7) is 8.89. The van der Waals surface area contributed by atoms with Gasteiger partial charge in [0.05, 0.1) is 5.41 Å². The molecule has 0 aromatic rings. The van der Waals surface area contributed by atoms with Crippen LogP contribution in [0.25, 0.3) is 0 Å². The predicted molar refractivity (Wildman–Crippen MR) is 58.5 cm³/mol. The van der Waals surface area contributed by atoms with E-state index in [0.29, 0.717) is 5.92 Å². The summed E-state index contributed by atoms with van der Waals surface area (Å²) in [7, 11) is 0. The fourth-order valence-electron chi connectivity index (χ4n) is 1.70. The molecule has 3 nitrogen and oxygen atoms in total. The first kappa shape index (κ1) is 14.0. The second-order valence-corrected chi connectivity index (χ2v) is 5.00. The molecule has 0 fully saturated rings. The Hall–Kier alpha value is -0.990. The number of Topliss-reactive ketones (excluding diaryl/α,β-unsaturated/α-hetero) is 2. The van der Waals surface area contributed by atoms with Crippen molar-refractivity contribution in [3.63, 3.8) is 0 Å². The third kappa shape index (κ3) is 3.57. The molecule has 1 atom stereocenters. The van der Waals surface area contributed by atoms with Gasteiger partial charge in [-0.3, -0.25) is 14.4 Å². The second kappa shape index (κ2) is 5.19. The Balaban J connectivity index is 4.69. The van der Waals surface area contributed by atoms with Gasteiger partial charge < -0.3 is 0 Å². The third-order valence-corrected chi connectivity index (χ3v) is 2.61. The van der Waals surface area contributed by atoms with Crippen LogP contribution in [-0.2, 0) is 14.4 Å². The van der Waals surface area contributed by atoms with E-state index in [9.17, 15) is 14.4 Å². The van der Waals surface area contributed by atoms with Gasteiger partial charge in [-0.15, -0.1) is 0 Å². The largest absolute Gasteiger partial charge is 0.298 e. The molecule has 0 aliphatic heterocycles. The summed E-state index contributed by atoms with van der Waals surface area (Å²) in [4.78, 5) is 33.6. The molecule has 0 saturated heterocycles. The first-order valence-corrected chi connectivity index (χ1v) is 5.27. The molecular formula is C12H20O3. The van der Waals surface area contributed by atoms with Crippen molar-refractivity contribution in [2.24, 2.45) is 17.3 Å². The van der Waals surface area contributed by atoms with Gasteiger partial charge in [0.2, 0.25) is 5.78 Å². The molecule has 0 aliphatic carbocycles. The highest BCUT2D eigenvalue weighted by Crippen LogP contribution is 2.25. The van der Waals surface area contributed by atoms with Crippen LogP contribution in [0.1, 0.15) is 41.0 Å². The van der Waals surface area contributed by atoms with E-state index in [4.69, 9.17) is 0 Å². The lowest BCUT2D eigenvalue weighted by atomic mass is 9.76. The lowest BCUT2D eigenvalue weighted by Gasteiger charge is -2.23. The first-order chi connectivity index (χ1) is 6.73. The Labute approximate surface area is 91.2 Å². The van der Waals surface area contributed by atoms with Crippen LogP contribution in [0, 0.1) is 17.3 Å². The summed E-state index contributed by atoms with van der Waals surface area (Å²) >= 11 is 0. The zero-order chi connectivity index (χ0) is 12.2. The number of rotatable bonds is 6. The molecule has 0 heterocycles. The molecule has 0 saturated carbocycles. The maximum absolute atomic E-state index is 11.9. The number of carbonyl (C=O) groups excluding carboxylic acids is 3. The minimum Gasteiger partial charge on any atom is -0.298 e. The number of hydrogen-bond donors (Lipinski definition) is 0. The maximum Gasteiger partial charge on any atom is 0.208 e. The number of hydrogen-bond acceptors (Lipinski definition) is 3. The lowest BCUT2D eigenvalue weighted by molar-refractivity contribution is -0.144. The fraction of sp³-hybridized carbons (Fsp3) is 0.750. The Kier molecular flexibility index (Phi) is 4.85. The predicted octanol–water partition coefficient (Wildman–Crippen LogP) is 2.03. The number of aldehydes is 1. The van der Waals surface area contributed by atoms with Gasteiger partial charge in [-0.2, -0.15) is 0 Å². The zero-order valence-corrected chi connectivity index (χ0v) is 10.2. The minimum atomic E-state index is -1.17. The quantitative estimate of drug-likeness (QED) is 0.384. The molecule has 0 N–H and O–H groups in total. The standard InChI is InChI=1S/C12H20O3/c1-8(2)6-9(3)11(15)12(4,5)10(14)7-13/h7-9H,6H2,1-5H3. The molecule has 0 aliphatic rings. The highest BCUT2D eigenvalue weighted by Gasteiger charge is 2.37. The van der Waals surface area contributed by atoms with Crippen molar-refractivity contribution in [1.29, 1.82) is 0 Å². The van der Waals surface area contributed by atoms with Crippen molar-refractivity contribution in [1.82, 2.24) is 0 Å². The van der Waals surface area contributed by atoms with Crippen LogP contribution in [0.5, 0.6) is 0 Å². The van der Waals surface area contributed by atoms with E-state index in [2.05, 4.69) is 0 Å². The van der Waals surface area contributed by atoms with Gasteiger partial charge in [-0.25, -0.2) is 0 Å². The van der Waals surface area contributed by atoms with Crippen LogP contribution in [0.3, 0.4) is 0 Å². The van der Waals surface area contributed by atoms with Crippen molar-refractivity contribution in [2.75, 3.05) is 0 Å². The summed E-state index contributed by atoms with van der Waals surface area (Å²) < 4.78 is 0. The smallest absolute Gasteiger partial charge is 0.208 e. The highest BCUT2D eigenvalue weighted by molar-refractivity contribution is 6.33. The van der Waals surface area contributed by atoms with Crippen molar-refractivity contribution < 1.29 is 14.4 Å². The number of carbonyl (C=O) groups is 3. The van der Waals surface area contributed by atoms with Crippen LogP contribution in [-0.4, -0.2) is 17.9 Å². The second-order valence-electron chi connectivity index (χ2n) is 5.00. The van der Waals surface area contributed by atoms with E-state index in [1.54, 1.807) is 0 Å². The van der Waals surface area contributed by atoms with E-state index in [-0.39, 0.29) is 18.0 Å². The van der Waals surface area contributed by atoms with Crippen LogP contribution in [0.2, 0.25) is 0 Å². The summed E-state index contributed by atoms with van der Waals surface area (Å²) in [5.74, 6) is -0.550. The van der Waals surface area contributed by atoms with Gasteiger partial charge in [0, 0.05) is 5.92 Å². The van der Waals surface area contributed by atoms with Crippen molar-refractivity contribution in [2.45, 2.75) is 41.0 Å². The Morgan fingerprint density at radius 2 is 1.67 bits per heavy atom. The van der Waals surface area contributed by atoms with Crippen LogP contribution in [0.15, 0.2) is 0 Å². The van der Waals surface area contributed by atoms with Gasteiger partial charge in [0.25, 0.3) is 0 Å². The first-order valence-electron chi connectivity index (χ1n) is 5.27. The maximum atomic E-state index is 11.9. The molecule has 0 amide bonds. The van der Waals surface area contributed by atoms with E-state index < -0.39 is 11.2 Å². The van der Waals surface area contributed by atoms with Crippen molar-refractivity contribution >= 4 is 17.9 Å². The summed E-state index contributed by atoms with van der Waals surface area (Å²) in [6, 6.07) is 0. The van der Waals surface area contributed by atoms with Gasteiger partial charge in [-0.05, 0) is 26.2 Å². The molecule has 0 aromatic carbocycles.